The Hall–Kier alpha value is -2.77. The Balaban J connectivity index is 1.25. The molecule has 3 aliphatic heterocycles. The van der Waals surface area contributed by atoms with Crippen molar-refractivity contribution >= 4 is 11.6 Å². The molecule has 1 atom stereocenters. The van der Waals surface area contributed by atoms with Gasteiger partial charge in [0, 0.05) is 52.0 Å². The molecule has 0 radical (unpaired) electrons. The summed E-state index contributed by atoms with van der Waals surface area (Å²) in [5.74, 6) is 1.95. The van der Waals surface area contributed by atoms with Crippen molar-refractivity contribution in [2.45, 2.75) is 45.9 Å². The standard InChI is InChI=1S/C29H39N3O4/c1-21(2)17-32(19-23-7-9-26-27(16-23)36-14-13-35-26)29(33)28-20-31(11-12-34-28)18-22-6-8-25-24(15-22)5-4-10-30(25)3/h6-9,15-16,21,28H,4-5,10-14,17-20H2,1-3H3. The van der Waals surface area contributed by atoms with Crippen molar-refractivity contribution in [1.82, 2.24) is 9.80 Å². The molecule has 0 spiro atoms. The van der Waals surface area contributed by atoms with Crippen LogP contribution in [0.1, 0.15) is 37.0 Å². The zero-order chi connectivity index (χ0) is 25.1. The summed E-state index contributed by atoms with van der Waals surface area (Å²) >= 11 is 0. The van der Waals surface area contributed by atoms with E-state index in [-0.39, 0.29) is 5.91 Å². The van der Waals surface area contributed by atoms with E-state index in [4.69, 9.17) is 14.2 Å². The van der Waals surface area contributed by atoms with Crippen molar-refractivity contribution in [3.05, 3.63) is 53.1 Å². The summed E-state index contributed by atoms with van der Waals surface area (Å²) in [4.78, 5) is 20.3. The summed E-state index contributed by atoms with van der Waals surface area (Å²) in [5.41, 5.74) is 5.14. The fraction of sp³-hybridized carbons (Fsp3) is 0.552. The lowest BCUT2D eigenvalue weighted by atomic mass is 9.99. The van der Waals surface area contributed by atoms with Crippen LogP contribution in [-0.2, 0) is 29.0 Å². The Bertz CT molecular complexity index is 1070. The highest BCUT2D eigenvalue weighted by Crippen LogP contribution is 2.31. The van der Waals surface area contributed by atoms with Gasteiger partial charge < -0.3 is 24.0 Å². The van der Waals surface area contributed by atoms with Gasteiger partial charge in [0.25, 0.3) is 5.91 Å². The number of anilines is 1. The molecular weight excluding hydrogens is 454 g/mol. The number of fused-ring (bicyclic) bond motifs is 2. The van der Waals surface area contributed by atoms with Crippen LogP contribution < -0.4 is 14.4 Å². The van der Waals surface area contributed by atoms with E-state index < -0.39 is 6.10 Å². The third-order valence-corrected chi connectivity index (χ3v) is 7.20. The lowest BCUT2D eigenvalue weighted by Gasteiger charge is -2.36. The molecule has 7 nitrogen and oxygen atoms in total. The minimum atomic E-state index is -0.446. The Morgan fingerprint density at radius 2 is 1.83 bits per heavy atom. The maximum Gasteiger partial charge on any atom is 0.253 e. The van der Waals surface area contributed by atoms with E-state index in [0.717, 1.165) is 43.1 Å². The number of carbonyl (C=O) groups excluding carboxylic acids is 1. The first-order valence-electron chi connectivity index (χ1n) is 13.3. The van der Waals surface area contributed by atoms with Crippen LogP contribution in [0.5, 0.6) is 11.5 Å². The zero-order valence-electron chi connectivity index (χ0n) is 21.9. The summed E-state index contributed by atoms with van der Waals surface area (Å²) in [5, 5.41) is 0. The monoisotopic (exact) mass is 493 g/mol. The maximum absolute atomic E-state index is 13.7. The first-order valence-corrected chi connectivity index (χ1v) is 13.3. The van der Waals surface area contributed by atoms with Gasteiger partial charge in [-0.1, -0.05) is 32.0 Å². The molecule has 2 aromatic carbocycles. The molecule has 3 aliphatic rings. The van der Waals surface area contributed by atoms with Gasteiger partial charge in [0.1, 0.15) is 19.3 Å². The highest BCUT2D eigenvalue weighted by atomic mass is 16.6. The lowest BCUT2D eigenvalue weighted by Crippen LogP contribution is -2.51. The van der Waals surface area contributed by atoms with Gasteiger partial charge in [-0.15, -0.1) is 0 Å². The van der Waals surface area contributed by atoms with Crippen LogP contribution in [0.15, 0.2) is 36.4 Å². The Kier molecular flexibility index (Phi) is 7.67. The first kappa shape index (κ1) is 24.9. The fourth-order valence-corrected chi connectivity index (χ4v) is 5.47. The van der Waals surface area contributed by atoms with Crippen molar-refractivity contribution in [1.29, 1.82) is 0 Å². The van der Waals surface area contributed by atoms with Crippen LogP contribution in [0.3, 0.4) is 0 Å². The van der Waals surface area contributed by atoms with Crippen LogP contribution in [0, 0.1) is 5.92 Å². The van der Waals surface area contributed by atoms with E-state index in [1.165, 1.54) is 23.2 Å². The van der Waals surface area contributed by atoms with Gasteiger partial charge >= 0.3 is 0 Å². The number of benzene rings is 2. The third kappa shape index (κ3) is 5.79. The van der Waals surface area contributed by atoms with Gasteiger partial charge in [0.2, 0.25) is 0 Å². The molecule has 0 aliphatic carbocycles. The van der Waals surface area contributed by atoms with Crippen LogP contribution >= 0.6 is 0 Å². The second-order valence-corrected chi connectivity index (χ2v) is 10.7. The minimum absolute atomic E-state index is 0.0651. The van der Waals surface area contributed by atoms with Crippen molar-refractivity contribution < 1.29 is 19.0 Å². The Morgan fingerprint density at radius 1 is 1.03 bits per heavy atom. The van der Waals surface area contributed by atoms with Gasteiger partial charge in [0.15, 0.2) is 11.5 Å². The minimum Gasteiger partial charge on any atom is -0.486 e. The topological polar surface area (TPSA) is 54.5 Å². The molecule has 1 unspecified atom stereocenters. The summed E-state index contributed by atoms with van der Waals surface area (Å²) < 4.78 is 17.4. The molecule has 7 heteroatoms. The fourth-order valence-electron chi connectivity index (χ4n) is 5.47. The second kappa shape index (κ2) is 11.1. The number of rotatable bonds is 7. The van der Waals surface area contributed by atoms with Crippen LogP contribution in [-0.4, -0.2) is 74.9 Å². The molecule has 1 amide bonds. The van der Waals surface area contributed by atoms with Crippen molar-refractivity contribution in [2.75, 3.05) is 57.9 Å². The van der Waals surface area contributed by atoms with E-state index in [9.17, 15) is 4.79 Å². The number of nitrogens with zero attached hydrogens (tertiary/aromatic N) is 3. The molecule has 194 valence electrons. The molecule has 2 aromatic rings. The molecule has 5 rings (SSSR count). The summed E-state index contributed by atoms with van der Waals surface area (Å²) in [7, 11) is 2.17. The summed E-state index contributed by atoms with van der Waals surface area (Å²) in [6.07, 6.45) is 1.90. The van der Waals surface area contributed by atoms with E-state index in [2.05, 4.69) is 48.9 Å². The quantitative estimate of drug-likeness (QED) is 0.586. The highest BCUT2D eigenvalue weighted by Gasteiger charge is 2.31. The molecule has 36 heavy (non-hydrogen) atoms. The van der Waals surface area contributed by atoms with Crippen molar-refractivity contribution in [3.8, 4) is 11.5 Å². The number of carbonyl (C=O) groups is 1. The van der Waals surface area contributed by atoms with E-state index in [0.29, 0.717) is 45.4 Å². The predicted octanol–water partition coefficient (Wildman–Crippen LogP) is 3.73. The number of morpholine rings is 1. The molecule has 1 saturated heterocycles. The summed E-state index contributed by atoms with van der Waals surface area (Å²) in [6.45, 7) is 10.6. The van der Waals surface area contributed by atoms with Crippen molar-refractivity contribution in [2.24, 2.45) is 5.92 Å². The van der Waals surface area contributed by atoms with Crippen LogP contribution in [0.2, 0.25) is 0 Å². The summed E-state index contributed by atoms with van der Waals surface area (Å²) in [6, 6.07) is 12.8. The van der Waals surface area contributed by atoms with E-state index in [1.54, 1.807) is 0 Å². The average molecular weight is 494 g/mol. The predicted molar refractivity (Wildman–Crippen MR) is 141 cm³/mol. The molecular formula is C29H39N3O4. The normalized spacial score (nSPS) is 19.8. The third-order valence-electron chi connectivity index (χ3n) is 7.20. The van der Waals surface area contributed by atoms with Gasteiger partial charge in [-0.05, 0) is 53.6 Å². The maximum atomic E-state index is 13.7. The number of amides is 1. The van der Waals surface area contributed by atoms with Gasteiger partial charge in [-0.2, -0.15) is 0 Å². The van der Waals surface area contributed by atoms with Crippen LogP contribution in [0.25, 0.3) is 0 Å². The highest BCUT2D eigenvalue weighted by molar-refractivity contribution is 5.81. The van der Waals surface area contributed by atoms with E-state index in [1.807, 2.05) is 23.1 Å². The Morgan fingerprint density at radius 3 is 2.67 bits per heavy atom. The molecule has 3 heterocycles. The zero-order valence-corrected chi connectivity index (χ0v) is 21.9. The smallest absolute Gasteiger partial charge is 0.253 e. The first-order chi connectivity index (χ1) is 17.5. The number of aryl methyl sites for hydroxylation is 1. The van der Waals surface area contributed by atoms with E-state index >= 15 is 0 Å². The average Bonchev–Trinajstić information content (AvgIpc) is 2.88. The van der Waals surface area contributed by atoms with Gasteiger partial charge in [-0.3, -0.25) is 9.69 Å². The molecule has 0 saturated carbocycles. The largest absolute Gasteiger partial charge is 0.486 e. The SMILES string of the molecule is CC(C)CN(Cc1ccc2c(c1)OCCO2)C(=O)C1CN(Cc2ccc3c(c2)CCCN3C)CCO1. The lowest BCUT2D eigenvalue weighted by molar-refractivity contribution is -0.151. The molecule has 1 fully saturated rings. The molecule has 0 bridgehead atoms. The number of hydrogen-bond donors (Lipinski definition) is 0. The van der Waals surface area contributed by atoms with Gasteiger partial charge in [-0.25, -0.2) is 0 Å². The van der Waals surface area contributed by atoms with Crippen molar-refractivity contribution in [3.63, 3.8) is 0 Å². The Labute approximate surface area is 214 Å². The second-order valence-electron chi connectivity index (χ2n) is 10.7. The van der Waals surface area contributed by atoms with Crippen LogP contribution in [0.4, 0.5) is 5.69 Å². The number of ether oxygens (including phenoxy) is 3. The van der Waals surface area contributed by atoms with Gasteiger partial charge in [0.05, 0.1) is 6.61 Å². The number of hydrogen-bond acceptors (Lipinski definition) is 6. The molecule has 0 N–H and O–H groups in total. The molecule has 0 aromatic heterocycles.